The number of rotatable bonds is 4. The van der Waals surface area contributed by atoms with Crippen molar-refractivity contribution >= 4 is 48.9 Å². The lowest BCUT2D eigenvalue weighted by molar-refractivity contribution is 0.462. The highest BCUT2D eigenvalue weighted by molar-refractivity contribution is 9.10. The molecule has 2 rings (SSSR count). The van der Waals surface area contributed by atoms with Crippen molar-refractivity contribution in [3.63, 3.8) is 0 Å². The third-order valence-corrected chi connectivity index (χ3v) is 6.35. The zero-order valence-corrected chi connectivity index (χ0v) is 13.9. The Kier molecular flexibility index (Phi) is 4.62. The molecule has 0 radical (unpaired) electrons. The molecule has 1 aromatic carbocycles. The number of sulfonamides is 1. The molecule has 1 heterocycles. The van der Waals surface area contributed by atoms with Crippen LogP contribution in [0.1, 0.15) is 5.69 Å². The summed E-state index contributed by atoms with van der Waals surface area (Å²) in [5, 5.41) is 2.01. The first kappa shape index (κ1) is 14.9. The molecule has 1 aromatic heterocycles. The minimum absolute atomic E-state index is 0.0781. The summed E-state index contributed by atoms with van der Waals surface area (Å²) in [7, 11) is -2.15. The van der Waals surface area contributed by atoms with Crippen LogP contribution in [0.4, 0.5) is 0 Å². The maximum absolute atomic E-state index is 12.5. The molecule has 102 valence electrons. The minimum Gasteiger partial charge on any atom is -0.248 e. The van der Waals surface area contributed by atoms with Gasteiger partial charge in [0.2, 0.25) is 10.0 Å². The molecule has 19 heavy (non-hydrogen) atoms. The second-order valence-electron chi connectivity index (χ2n) is 3.79. The van der Waals surface area contributed by atoms with Crippen molar-refractivity contribution in [1.82, 2.24) is 9.29 Å². The third kappa shape index (κ3) is 3.17. The highest BCUT2D eigenvalue weighted by atomic mass is 79.9. The zero-order valence-electron chi connectivity index (χ0n) is 9.88. The lowest BCUT2D eigenvalue weighted by atomic mass is 10.4. The summed E-state index contributed by atoms with van der Waals surface area (Å²) in [5.41, 5.74) is 2.38. The van der Waals surface area contributed by atoms with Gasteiger partial charge in [-0.05, 0) is 28.1 Å². The number of benzene rings is 1. The van der Waals surface area contributed by atoms with E-state index in [0.717, 1.165) is 0 Å². The van der Waals surface area contributed by atoms with E-state index in [-0.39, 0.29) is 16.5 Å². The molecule has 0 saturated carbocycles. The topological polar surface area (TPSA) is 50.3 Å². The van der Waals surface area contributed by atoms with Gasteiger partial charge in [-0.25, -0.2) is 13.4 Å². The molecular weight excluding hydrogens is 372 g/mol. The van der Waals surface area contributed by atoms with Gasteiger partial charge in [0.05, 0.1) is 22.8 Å². The summed E-state index contributed by atoms with van der Waals surface area (Å²) in [4.78, 5) is 4.15. The Morgan fingerprint density at radius 1 is 1.47 bits per heavy atom. The van der Waals surface area contributed by atoms with Gasteiger partial charge in [-0.1, -0.05) is 17.7 Å². The number of hydrogen-bond acceptors (Lipinski definition) is 4. The first-order valence-corrected chi connectivity index (χ1v) is 8.75. The number of halogens is 2. The van der Waals surface area contributed by atoms with Crippen LogP contribution in [0.5, 0.6) is 0 Å². The molecule has 8 heteroatoms. The molecule has 0 amide bonds. The van der Waals surface area contributed by atoms with Crippen molar-refractivity contribution in [1.29, 1.82) is 0 Å². The molecule has 0 aliphatic heterocycles. The van der Waals surface area contributed by atoms with Crippen molar-refractivity contribution in [2.75, 3.05) is 7.05 Å². The van der Waals surface area contributed by atoms with Crippen LogP contribution < -0.4 is 0 Å². The molecule has 4 nitrogen and oxygen atoms in total. The van der Waals surface area contributed by atoms with Crippen molar-refractivity contribution in [2.45, 2.75) is 11.4 Å². The van der Waals surface area contributed by atoms with Crippen molar-refractivity contribution in [2.24, 2.45) is 0 Å². The van der Waals surface area contributed by atoms with Gasteiger partial charge in [0, 0.05) is 16.9 Å². The molecule has 0 atom stereocenters. The van der Waals surface area contributed by atoms with E-state index in [1.807, 2.05) is 5.38 Å². The monoisotopic (exact) mass is 380 g/mol. The van der Waals surface area contributed by atoms with Crippen LogP contribution in [0.2, 0.25) is 5.02 Å². The summed E-state index contributed by atoms with van der Waals surface area (Å²) in [6, 6.07) is 4.89. The lowest BCUT2D eigenvalue weighted by Crippen LogP contribution is -2.27. The first-order valence-electron chi connectivity index (χ1n) is 5.20. The summed E-state index contributed by atoms with van der Waals surface area (Å²) in [5.74, 6) is 0. The summed E-state index contributed by atoms with van der Waals surface area (Å²) in [6.45, 7) is 0.212. The zero-order chi connectivity index (χ0) is 14.0. The molecule has 0 fully saturated rings. The van der Waals surface area contributed by atoms with Crippen LogP contribution in [0.3, 0.4) is 0 Å². The number of nitrogens with zero attached hydrogens (tertiary/aromatic N) is 2. The van der Waals surface area contributed by atoms with E-state index in [2.05, 4.69) is 20.9 Å². The number of aromatic nitrogens is 1. The number of thiazole rings is 1. The normalized spacial score (nSPS) is 12.0. The van der Waals surface area contributed by atoms with Crippen molar-refractivity contribution in [3.8, 4) is 0 Å². The average Bonchev–Trinajstić information content (AvgIpc) is 2.81. The van der Waals surface area contributed by atoms with Gasteiger partial charge in [0.15, 0.2) is 0 Å². The Labute approximate surface area is 129 Å². The van der Waals surface area contributed by atoms with E-state index in [1.165, 1.54) is 22.7 Å². The van der Waals surface area contributed by atoms with Gasteiger partial charge >= 0.3 is 0 Å². The Hall–Kier alpha value is -0.470. The van der Waals surface area contributed by atoms with E-state index in [0.29, 0.717) is 10.2 Å². The largest absolute Gasteiger partial charge is 0.248 e. The van der Waals surface area contributed by atoms with E-state index in [9.17, 15) is 8.42 Å². The SMILES string of the molecule is CN(Cc1cscn1)S(=O)(=O)c1c(Cl)cccc1Br. The fourth-order valence-corrected chi connectivity index (χ4v) is 4.87. The van der Waals surface area contributed by atoms with Crippen LogP contribution in [0.25, 0.3) is 0 Å². The average molecular weight is 382 g/mol. The number of hydrogen-bond donors (Lipinski definition) is 0. The van der Waals surface area contributed by atoms with Gasteiger partial charge in [-0.2, -0.15) is 4.31 Å². The Morgan fingerprint density at radius 3 is 2.79 bits per heavy atom. The fraction of sp³-hybridized carbons (Fsp3) is 0.182. The quantitative estimate of drug-likeness (QED) is 0.816. The van der Waals surface area contributed by atoms with Gasteiger partial charge in [-0.3, -0.25) is 0 Å². The van der Waals surface area contributed by atoms with Crippen LogP contribution in [-0.2, 0) is 16.6 Å². The van der Waals surface area contributed by atoms with E-state index in [4.69, 9.17) is 11.6 Å². The summed E-state index contributed by atoms with van der Waals surface area (Å²) in [6.07, 6.45) is 0. The predicted molar refractivity (Wildman–Crippen MR) is 79.9 cm³/mol. The van der Waals surface area contributed by atoms with Gasteiger partial charge in [-0.15, -0.1) is 11.3 Å². The second-order valence-corrected chi connectivity index (χ2v) is 7.75. The Balaban J connectivity index is 2.37. The van der Waals surface area contributed by atoms with Gasteiger partial charge in [0.1, 0.15) is 4.90 Å². The van der Waals surface area contributed by atoms with E-state index >= 15 is 0 Å². The van der Waals surface area contributed by atoms with E-state index in [1.54, 1.807) is 23.7 Å². The Morgan fingerprint density at radius 2 is 2.21 bits per heavy atom. The smallest absolute Gasteiger partial charge is 0.245 e. The molecule has 0 saturated heterocycles. The second kappa shape index (κ2) is 5.88. The molecule has 2 aromatic rings. The van der Waals surface area contributed by atoms with Gasteiger partial charge in [0.25, 0.3) is 0 Å². The van der Waals surface area contributed by atoms with Crippen molar-refractivity contribution < 1.29 is 8.42 Å². The first-order chi connectivity index (χ1) is 8.93. The Bertz CT molecular complexity index is 654. The molecule has 0 spiro atoms. The molecule has 0 N–H and O–H groups in total. The molecular formula is C11H10BrClN2O2S2. The molecule has 0 aliphatic rings. The van der Waals surface area contributed by atoms with Crippen LogP contribution in [0, 0.1) is 0 Å². The standard InChI is InChI=1S/C11H10BrClN2O2S2/c1-15(5-8-6-18-7-14-8)19(16,17)11-9(12)3-2-4-10(11)13/h2-4,6-7H,5H2,1H3. The highest BCUT2D eigenvalue weighted by Gasteiger charge is 2.26. The van der Waals surface area contributed by atoms with Crippen molar-refractivity contribution in [3.05, 3.63) is 44.3 Å². The highest BCUT2D eigenvalue weighted by Crippen LogP contribution is 2.31. The minimum atomic E-state index is -3.66. The van der Waals surface area contributed by atoms with Crippen LogP contribution >= 0.6 is 38.9 Å². The third-order valence-electron chi connectivity index (χ3n) is 2.46. The van der Waals surface area contributed by atoms with Crippen LogP contribution in [0.15, 0.2) is 38.5 Å². The molecule has 0 unspecified atom stereocenters. The summed E-state index contributed by atoms with van der Waals surface area (Å²) >= 11 is 10.6. The predicted octanol–water partition coefficient (Wildman–Crippen LogP) is 3.38. The van der Waals surface area contributed by atoms with Gasteiger partial charge < -0.3 is 0 Å². The molecule has 0 bridgehead atoms. The maximum Gasteiger partial charge on any atom is 0.245 e. The van der Waals surface area contributed by atoms with E-state index < -0.39 is 10.0 Å². The summed E-state index contributed by atoms with van der Waals surface area (Å²) < 4.78 is 26.7. The fourth-order valence-electron chi connectivity index (χ4n) is 1.51. The maximum atomic E-state index is 12.5. The molecule has 0 aliphatic carbocycles. The van der Waals surface area contributed by atoms with Crippen LogP contribution in [-0.4, -0.2) is 24.8 Å². The lowest BCUT2D eigenvalue weighted by Gasteiger charge is -2.17.